The molecule has 3 heterocycles. The van der Waals surface area contributed by atoms with Gasteiger partial charge in [0.25, 0.3) is 5.91 Å². The number of benzene rings is 1. The summed E-state index contributed by atoms with van der Waals surface area (Å²) >= 11 is 0. The Morgan fingerprint density at radius 2 is 2.07 bits per heavy atom. The number of likely N-dealkylation sites (N-methyl/N-ethyl adjacent to an activating group) is 1. The van der Waals surface area contributed by atoms with Gasteiger partial charge in [0.1, 0.15) is 17.2 Å². The Labute approximate surface area is 175 Å². The van der Waals surface area contributed by atoms with Crippen LogP contribution >= 0.6 is 0 Å². The average molecular weight is 408 g/mol. The molecule has 6 nitrogen and oxygen atoms in total. The van der Waals surface area contributed by atoms with E-state index in [1.54, 1.807) is 19.3 Å². The van der Waals surface area contributed by atoms with Crippen molar-refractivity contribution in [2.45, 2.75) is 50.7 Å². The van der Waals surface area contributed by atoms with Crippen LogP contribution in [0.25, 0.3) is 11.3 Å². The van der Waals surface area contributed by atoms with Crippen LogP contribution in [0.1, 0.15) is 43.7 Å². The molecule has 7 heteroatoms. The Kier molecular flexibility index (Phi) is 3.98. The van der Waals surface area contributed by atoms with Crippen molar-refractivity contribution in [1.82, 2.24) is 9.88 Å². The maximum Gasteiger partial charge on any atom is 0.261 e. The van der Waals surface area contributed by atoms with Crippen LogP contribution in [0.4, 0.5) is 4.39 Å². The number of amides is 1. The summed E-state index contributed by atoms with van der Waals surface area (Å²) in [5, 5.41) is 0. The Balaban J connectivity index is 1.67. The second kappa shape index (κ2) is 6.27. The highest BCUT2D eigenvalue weighted by atomic mass is 19.1. The number of hydrogen-bond donors (Lipinski definition) is 1. The normalized spacial score (nSPS) is 27.8. The number of aromatic nitrogens is 1. The zero-order valence-corrected chi connectivity index (χ0v) is 17.4. The molecule has 1 fully saturated rings. The van der Waals surface area contributed by atoms with E-state index in [2.05, 4.69) is 9.98 Å². The Morgan fingerprint density at radius 3 is 2.70 bits per heavy atom. The summed E-state index contributed by atoms with van der Waals surface area (Å²) in [6, 6.07) is 6.57. The second-order valence-electron chi connectivity index (χ2n) is 9.15. The third kappa shape index (κ3) is 2.95. The predicted octanol–water partition coefficient (Wildman–Crippen LogP) is 3.52. The number of nitrogens with zero attached hydrogens (tertiary/aromatic N) is 3. The molecule has 2 atom stereocenters. The van der Waals surface area contributed by atoms with Gasteiger partial charge >= 0.3 is 0 Å². The van der Waals surface area contributed by atoms with Gasteiger partial charge in [0.2, 0.25) is 0 Å². The lowest BCUT2D eigenvalue weighted by molar-refractivity contribution is -0.134. The van der Waals surface area contributed by atoms with E-state index >= 15 is 0 Å². The van der Waals surface area contributed by atoms with Crippen LogP contribution in [0.15, 0.2) is 35.5 Å². The third-order valence-electron chi connectivity index (χ3n) is 6.36. The Hall–Kier alpha value is -2.96. The molecular formula is C23H25FN4O2. The summed E-state index contributed by atoms with van der Waals surface area (Å²) < 4.78 is 20.4. The van der Waals surface area contributed by atoms with Gasteiger partial charge in [-0.2, -0.15) is 0 Å². The number of carbonyl (C=O) groups is 1. The molecule has 2 aromatic rings. The molecule has 1 amide bonds. The summed E-state index contributed by atoms with van der Waals surface area (Å²) in [4.78, 5) is 24.0. The number of fused-ring (bicyclic) bond motifs is 2. The molecule has 5 rings (SSSR count). The first-order chi connectivity index (χ1) is 14.2. The van der Waals surface area contributed by atoms with Crippen LogP contribution in [0.2, 0.25) is 0 Å². The van der Waals surface area contributed by atoms with E-state index in [4.69, 9.17) is 10.5 Å². The highest BCUT2D eigenvalue weighted by Gasteiger charge is 2.57. The number of carbonyl (C=O) groups excluding carboxylic acids is 1. The number of rotatable bonds is 3. The van der Waals surface area contributed by atoms with Crippen molar-refractivity contribution in [3.8, 4) is 17.0 Å². The standard InChI is InChI=1S/C23H25FN4O2/c1-13-6-15(8-16(24)7-13)18-9-17-19(11-26-18)30-22(2,10-14-4-5-14)12-23(17)20(29)28(3)21(25)27-23/h6-9,11,14H,4-5,10,12H2,1-3H3,(H2,25,27). The average Bonchev–Trinajstić information content (AvgIpc) is 3.45. The summed E-state index contributed by atoms with van der Waals surface area (Å²) in [6.07, 6.45) is 5.29. The SMILES string of the molecule is Cc1cc(F)cc(-c2cc3c(cn2)OC(C)(CC2CC2)CC32N=C(N)N(C)C2=O)c1. The molecule has 1 saturated carbocycles. The van der Waals surface area contributed by atoms with E-state index in [0.717, 1.165) is 12.0 Å². The van der Waals surface area contributed by atoms with Gasteiger partial charge in [-0.15, -0.1) is 0 Å². The Bertz CT molecular complexity index is 1080. The molecule has 0 saturated heterocycles. The van der Waals surface area contributed by atoms with Gasteiger partial charge in [0.15, 0.2) is 11.5 Å². The van der Waals surface area contributed by atoms with Crippen molar-refractivity contribution < 1.29 is 13.9 Å². The number of guanidine groups is 1. The van der Waals surface area contributed by atoms with Crippen molar-refractivity contribution in [3.63, 3.8) is 0 Å². The lowest BCUT2D eigenvalue weighted by atomic mass is 9.75. The van der Waals surface area contributed by atoms with Crippen molar-refractivity contribution in [3.05, 3.63) is 47.4 Å². The molecule has 1 aliphatic carbocycles. The first-order valence-corrected chi connectivity index (χ1v) is 10.3. The Morgan fingerprint density at radius 1 is 1.30 bits per heavy atom. The number of nitrogens with two attached hydrogens (primary N) is 1. The van der Waals surface area contributed by atoms with E-state index in [1.165, 1.54) is 29.9 Å². The van der Waals surface area contributed by atoms with E-state index in [9.17, 15) is 9.18 Å². The van der Waals surface area contributed by atoms with Crippen molar-refractivity contribution >= 4 is 11.9 Å². The smallest absolute Gasteiger partial charge is 0.261 e. The number of aryl methyl sites for hydroxylation is 1. The van der Waals surface area contributed by atoms with E-state index < -0.39 is 11.1 Å². The van der Waals surface area contributed by atoms with Gasteiger partial charge < -0.3 is 10.5 Å². The summed E-state index contributed by atoms with van der Waals surface area (Å²) in [6.45, 7) is 3.87. The zero-order valence-electron chi connectivity index (χ0n) is 17.4. The summed E-state index contributed by atoms with van der Waals surface area (Å²) in [7, 11) is 1.64. The first kappa shape index (κ1) is 19.0. The molecule has 1 aromatic carbocycles. The third-order valence-corrected chi connectivity index (χ3v) is 6.36. The quantitative estimate of drug-likeness (QED) is 0.843. The van der Waals surface area contributed by atoms with Crippen LogP contribution in [0, 0.1) is 18.7 Å². The lowest BCUT2D eigenvalue weighted by Gasteiger charge is -2.43. The highest BCUT2D eigenvalue weighted by Crippen LogP contribution is 2.52. The molecule has 0 bridgehead atoms. The van der Waals surface area contributed by atoms with Gasteiger partial charge in [0.05, 0.1) is 11.9 Å². The first-order valence-electron chi connectivity index (χ1n) is 10.3. The minimum atomic E-state index is -1.14. The van der Waals surface area contributed by atoms with E-state index in [-0.39, 0.29) is 17.7 Å². The topological polar surface area (TPSA) is 80.8 Å². The predicted molar refractivity (Wildman–Crippen MR) is 111 cm³/mol. The maximum atomic E-state index is 14.0. The van der Waals surface area contributed by atoms with Crippen molar-refractivity contribution in [2.24, 2.45) is 16.6 Å². The molecule has 2 unspecified atom stereocenters. The number of hydrogen-bond acceptors (Lipinski definition) is 5. The monoisotopic (exact) mass is 408 g/mol. The van der Waals surface area contributed by atoms with Crippen LogP contribution in [-0.2, 0) is 10.3 Å². The minimum Gasteiger partial charge on any atom is -0.485 e. The molecule has 2 N–H and O–H groups in total. The fraction of sp³-hybridized carbons (Fsp3) is 0.435. The maximum absolute atomic E-state index is 14.0. The molecule has 1 aromatic heterocycles. The summed E-state index contributed by atoms with van der Waals surface area (Å²) in [5.74, 6) is 0.861. The lowest BCUT2D eigenvalue weighted by Crippen LogP contribution is -2.50. The van der Waals surface area contributed by atoms with Crippen LogP contribution in [0.3, 0.4) is 0 Å². The molecule has 3 aliphatic rings. The van der Waals surface area contributed by atoms with Gasteiger partial charge in [-0.05, 0) is 56.0 Å². The number of ether oxygens (including phenoxy) is 1. The largest absolute Gasteiger partial charge is 0.485 e. The molecule has 156 valence electrons. The molecular weight excluding hydrogens is 383 g/mol. The molecule has 30 heavy (non-hydrogen) atoms. The van der Waals surface area contributed by atoms with Crippen molar-refractivity contribution in [2.75, 3.05) is 7.05 Å². The van der Waals surface area contributed by atoms with E-state index in [0.29, 0.717) is 34.9 Å². The second-order valence-corrected chi connectivity index (χ2v) is 9.15. The van der Waals surface area contributed by atoms with Gasteiger partial charge in [-0.25, -0.2) is 9.38 Å². The van der Waals surface area contributed by atoms with E-state index in [1.807, 2.05) is 19.9 Å². The van der Waals surface area contributed by atoms with Gasteiger partial charge in [-0.3, -0.25) is 14.7 Å². The number of pyridine rings is 1. The number of halogens is 1. The highest BCUT2D eigenvalue weighted by molar-refractivity contribution is 6.07. The molecule has 0 radical (unpaired) electrons. The van der Waals surface area contributed by atoms with Gasteiger partial charge in [-0.1, -0.05) is 12.8 Å². The molecule has 1 spiro atoms. The van der Waals surface area contributed by atoms with Gasteiger partial charge in [0, 0.05) is 24.6 Å². The van der Waals surface area contributed by atoms with Crippen molar-refractivity contribution in [1.29, 1.82) is 0 Å². The minimum absolute atomic E-state index is 0.167. The van der Waals surface area contributed by atoms with Crippen LogP contribution in [-0.4, -0.2) is 34.4 Å². The van der Waals surface area contributed by atoms with Crippen LogP contribution < -0.4 is 10.5 Å². The fourth-order valence-corrected chi connectivity index (χ4v) is 4.86. The fourth-order valence-electron chi connectivity index (χ4n) is 4.86. The molecule has 2 aliphatic heterocycles. The number of aliphatic imine (C=N–C) groups is 1. The summed E-state index contributed by atoms with van der Waals surface area (Å²) in [5.41, 5.74) is 7.05. The zero-order chi connectivity index (χ0) is 21.3. The van der Waals surface area contributed by atoms with Crippen LogP contribution in [0.5, 0.6) is 5.75 Å².